The van der Waals surface area contributed by atoms with Crippen LogP contribution in [0.25, 0.3) is 22.0 Å². The van der Waals surface area contributed by atoms with Crippen LogP contribution in [0.4, 0.5) is 4.79 Å². The van der Waals surface area contributed by atoms with Crippen LogP contribution in [0.1, 0.15) is 92.6 Å². The second-order valence-electron chi connectivity index (χ2n) is 13.8. The molecule has 3 heterocycles. The summed E-state index contributed by atoms with van der Waals surface area (Å²) < 4.78 is 18.3. The number of ether oxygens (including phenoxy) is 1. The van der Waals surface area contributed by atoms with Crippen LogP contribution in [0.2, 0.25) is 0 Å². The van der Waals surface area contributed by atoms with Gasteiger partial charge in [0.1, 0.15) is 11.4 Å². The molecule has 2 aliphatic rings. The Morgan fingerprint density at radius 1 is 1.12 bits per heavy atom. The average molecular weight is 546 g/mol. The highest BCUT2D eigenvalue weighted by molar-refractivity contribution is 6.62. The van der Waals surface area contributed by atoms with E-state index in [2.05, 4.69) is 76.9 Å². The molecule has 0 aliphatic carbocycles. The van der Waals surface area contributed by atoms with E-state index < -0.39 is 12.7 Å². The van der Waals surface area contributed by atoms with Gasteiger partial charge in [0.2, 0.25) is 0 Å². The van der Waals surface area contributed by atoms with E-state index >= 15 is 0 Å². The first-order valence-electron chi connectivity index (χ1n) is 14.6. The number of imidazole rings is 1. The minimum Gasteiger partial charge on any atom is -0.444 e. The Hall–Kier alpha value is -2.84. The van der Waals surface area contributed by atoms with Crippen molar-refractivity contribution in [2.45, 2.75) is 104 Å². The molecule has 2 fully saturated rings. The third-order valence-corrected chi connectivity index (χ3v) is 8.32. The summed E-state index contributed by atoms with van der Waals surface area (Å²) >= 11 is 0. The molecule has 1 atom stereocenters. The molecule has 2 aliphatic heterocycles. The number of hydrogen-bond donors (Lipinski definition) is 1. The number of likely N-dealkylation sites (tertiary alicyclic amines) is 1. The lowest BCUT2D eigenvalue weighted by Crippen LogP contribution is -2.41. The van der Waals surface area contributed by atoms with E-state index in [1.807, 2.05) is 27.0 Å². The maximum absolute atomic E-state index is 12.9. The van der Waals surface area contributed by atoms with Gasteiger partial charge < -0.3 is 19.0 Å². The minimum atomic E-state index is -0.530. The van der Waals surface area contributed by atoms with Gasteiger partial charge in [0, 0.05) is 12.1 Å². The summed E-state index contributed by atoms with van der Waals surface area (Å²) in [6.45, 7) is 19.2. The number of nitrogens with one attached hydrogen (secondary N) is 1. The molecule has 0 unspecified atom stereocenters. The van der Waals surface area contributed by atoms with E-state index in [1.165, 1.54) is 10.9 Å². The number of fused-ring (bicyclic) bond motifs is 1. The lowest BCUT2D eigenvalue weighted by Gasteiger charge is -2.32. The van der Waals surface area contributed by atoms with Crippen LogP contribution < -0.4 is 5.46 Å². The van der Waals surface area contributed by atoms with Gasteiger partial charge in [-0.05, 0) is 102 Å². The monoisotopic (exact) mass is 545 g/mol. The molecular weight excluding hydrogens is 501 g/mol. The molecule has 1 amide bonds. The van der Waals surface area contributed by atoms with Crippen molar-refractivity contribution in [1.82, 2.24) is 14.9 Å². The predicted molar refractivity (Wildman–Crippen MR) is 161 cm³/mol. The standard InChI is InChI=1S/C32H44BN3O4/c1-20(2)15-23-16-22-17-24(33-39-31(6,7)32(8,9)40-33)13-12-21(22)18-25(23)26-19-34-28(35-26)27-11-10-14-36(27)29(37)38-30(3,4)5/h12-13,16-20,27H,10-11,14-15H2,1-9H3,(H,34,35)/t27-/m0/s1. The molecule has 0 bridgehead atoms. The summed E-state index contributed by atoms with van der Waals surface area (Å²) in [6.07, 6.45) is 4.36. The van der Waals surface area contributed by atoms with Crippen LogP contribution in [-0.2, 0) is 20.5 Å². The number of carbonyl (C=O) groups is 1. The SMILES string of the molecule is CC(C)Cc1cc2cc(B3OC(C)(C)C(C)(C)O3)ccc2cc1-c1cnc([C@@H]2CCCN2C(=O)OC(C)(C)C)[nH]1. The Morgan fingerprint density at radius 2 is 1.82 bits per heavy atom. The summed E-state index contributed by atoms with van der Waals surface area (Å²) in [4.78, 5) is 23.0. The Labute approximate surface area is 239 Å². The van der Waals surface area contributed by atoms with Crippen LogP contribution in [0.5, 0.6) is 0 Å². The van der Waals surface area contributed by atoms with Gasteiger partial charge in [0.05, 0.1) is 29.1 Å². The average Bonchev–Trinajstić information content (AvgIpc) is 3.54. The second-order valence-corrected chi connectivity index (χ2v) is 13.8. The molecule has 1 aromatic heterocycles. The Morgan fingerprint density at radius 3 is 2.48 bits per heavy atom. The van der Waals surface area contributed by atoms with Crippen molar-refractivity contribution in [3.05, 3.63) is 47.9 Å². The van der Waals surface area contributed by atoms with Crippen molar-refractivity contribution < 1.29 is 18.8 Å². The molecule has 0 spiro atoms. The molecule has 214 valence electrons. The van der Waals surface area contributed by atoms with Crippen LogP contribution in [0.15, 0.2) is 36.5 Å². The quantitative estimate of drug-likeness (QED) is 0.357. The molecule has 0 saturated carbocycles. The van der Waals surface area contributed by atoms with Gasteiger partial charge >= 0.3 is 13.2 Å². The zero-order chi connectivity index (χ0) is 29.0. The number of carbonyl (C=O) groups excluding carboxylic acids is 1. The molecule has 5 rings (SSSR count). The Kier molecular flexibility index (Phi) is 7.33. The van der Waals surface area contributed by atoms with E-state index in [0.717, 1.165) is 47.2 Å². The van der Waals surface area contributed by atoms with E-state index in [9.17, 15) is 4.79 Å². The molecular formula is C32H44BN3O4. The van der Waals surface area contributed by atoms with Crippen molar-refractivity contribution in [3.8, 4) is 11.3 Å². The van der Waals surface area contributed by atoms with Crippen molar-refractivity contribution in [3.63, 3.8) is 0 Å². The van der Waals surface area contributed by atoms with E-state index in [-0.39, 0.29) is 23.3 Å². The Balaban J connectivity index is 1.47. The summed E-state index contributed by atoms with van der Waals surface area (Å²) in [7, 11) is -0.392. The largest absolute Gasteiger partial charge is 0.494 e. The van der Waals surface area contributed by atoms with E-state index in [0.29, 0.717) is 12.5 Å². The third-order valence-electron chi connectivity index (χ3n) is 8.32. The zero-order valence-corrected chi connectivity index (χ0v) is 25.6. The highest BCUT2D eigenvalue weighted by atomic mass is 16.7. The van der Waals surface area contributed by atoms with Gasteiger partial charge in [-0.2, -0.15) is 0 Å². The fraction of sp³-hybridized carbons (Fsp3) is 0.562. The predicted octanol–water partition coefficient (Wildman–Crippen LogP) is 6.80. The van der Waals surface area contributed by atoms with Crippen molar-refractivity contribution in [2.75, 3.05) is 6.54 Å². The first-order chi connectivity index (χ1) is 18.6. The third kappa shape index (κ3) is 5.66. The number of nitrogens with zero attached hydrogens (tertiary/aromatic N) is 2. The van der Waals surface area contributed by atoms with Crippen molar-refractivity contribution in [2.24, 2.45) is 5.92 Å². The highest BCUT2D eigenvalue weighted by Gasteiger charge is 2.51. The molecule has 3 aromatic rings. The first-order valence-corrected chi connectivity index (χ1v) is 14.6. The molecule has 1 N–H and O–H groups in total. The normalized spacial score (nSPS) is 20.6. The molecule has 7 nitrogen and oxygen atoms in total. The summed E-state index contributed by atoms with van der Waals surface area (Å²) in [6, 6.07) is 10.9. The maximum atomic E-state index is 12.9. The number of rotatable bonds is 5. The van der Waals surface area contributed by atoms with Crippen LogP contribution >= 0.6 is 0 Å². The van der Waals surface area contributed by atoms with Gasteiger partial charge in [0.25, 0.3) is 0 Å². The van der Waals surface area contributed by atoms with E-state index in [4.69, 9.17) is 19.0 Å². The van der Waals surface area contributed by atoms with Crippen LogP contribution in [0, 0.1) is 5.92 Å². The van der Waals surface area contributed by atoms with Crippen LogP contribution in [-0.4, -0.2) is 51.4 Å². The number of benzene rings is 2. The molecule has 0 radical (unpaired) electrons. The van der Waals surface area contributed by atoms with Gasteiger partial charge in [-0.25, -0.2) is 9.78 Å². The second kappa shape index (κ2) is 10.2. The van der Waals surface area contributed by atoms with Gasteiger partial charge in [-0.15, -0.1) is 0 Å². The number of hydrogen-bond acceptors (Lipinski definition) is 5. The molecule has 2 saturated heterocycles. The Bertz CT molecular complexity index is 1390. The fourth-order valence-electron chi connectivity index (χ4n) is 5.58. The summed E-state index contributed by atoms with van der Waals surface area (Å²) in [5.41, 5.74) is 3.12. The topological polar surface area (TPSA) is 76.7 Å². The highest BCUT2D eigenvalue weighted by Crippen LogP contribution is 2.38. The number of aromatic nitrogens is 2. The minimum absolute atomic E-state index is 0.111. The maximum Gasteiger partial charge on any atom is 0.494 e. The number of H-pyrrole nitrogens is 1. The van der Waals surface area contributed by atoms with Gasteiger partial charge in [0.15, 0.2) is 0 Å². The summed E-state index contributed by atoms with van der Waals surface area (Å²) in [5.74, 6) is 1.30. The fourth-order valence-corrected chi connectivity index (χ4v) is 5.58. The van der Waals surface area contributed by atoms with Crippen LogP contribution in [0.3, 0.4) is 0 Å². The molecule has 8 heteroatoms. The van der Waals surface area contributed by atoms with Gasteiger partial charge in [-0.3, -0.25) is 4.90 Å². The van der Waals surface area contributed by atoms with Gasteiger partial charge in [-0.1, -0.05) is 38.1 Å². The lowest BCUT2D eigenvalue weighted by molar-refractivity contribution is 0.00578. The number of amides is 1. The lowest BCUT2D eigenvalue weighted by atomic mass is 9.78. The smallest absolute Gasteiger partial charge is 0.444 e. The summed E-state index contributed by atoms with van der Waals surface area (Å²) in [5, 5.41) is 2.31. The van der Waals surface area contributed by atoms with Crippen molar-refractivity contribution >= 4 is 29.4 Å². The van der Waals surface area contributed by atoms with E-state index in [1.54, 1.807) is 4.90 Å². The first kappa shape index (κ1) is 28.7. The number of aromatic amines is 1. The molecule has 40 heavy (non-hydrogen) atoms. The van der Waals surface area contributed by atoms with Crippen molar-refractivity contribution in [1.29, 1.82) is 0 Å². The zero-order valence-electron chi connectivity index (χ0n) is 25.6. The molecule has 2 aromatic carbocycles.